The van der Waals surface area contributed by atoms with Gasteiger partial charge in [0.25, 0.3) is 0 Å². The van der Waals surface area contributed by atoms with Crippen LogP contribution in [0.1, 0.15) is 31.4 Å². The molecule has 3 N–H and O–H groups in total. The highest BCUT2D eigenvalue weighted by atomic mass is 79.9. The number of furan rings is 1. The van der Waals surface area contributed by atoms with E-state index in [4.69, 9.17) is 15.4 Å². The van der Waals surface area contributed by atoms with Crippen molar-refractivity contribution in [2.24, 2.45) is 5.73 Å². The van der Waals surface area contributed by atoms with Crippen LogP contribution in [-0.2, 0) is 0 Å². The second-order valence-corrected chi connectivity index (χ2v) is 6.84. The zero-order chi connectivity index (χ0) is 14.0. The van der Waals surface area contributed by atoms with Crippen molar-refractivity contribution in [3.8, 4) is 6.07 Å². The number of halogens is 1. The first-order valence-corrected chi connectivity index (χ1v) is 7.37. The Hall–Kier alpha value is -1.58. The van der Waals surface area contributed by atoms with E-state index >= 15 is 0 Å². The van der Waals surface area contributed by atoms with Gasteiger partial charge < -0.3 is 15.5 Å². The standard InChI is InChI=1S/C14H13BrN4O/c15-11-9-3-8(4-16)20-10(9)5-18-12(11)19-14-2-1-13(17,6-14)7-14/h3,5H,1-2,6-7,17H2,(H,18,19). The first-order chi connectivity index (χ1) is 9.53. The number of fused-ring (bicyclic) bond motifs is 2. The summed E-state index contributed by atoms with van der Waals surface area (Å²) in [6.45, 7) is 0. The van der Waals surface area contributed by atoms with Crippen LogP contribution >= 0.6 is 15.9 Å². The summed E-state index contributed by atoms with van der Waals surface area (Å²) >= 11 is 3.56. The first kappa shape index (κ1) is 12.2. The second kappa shape index (κ2) is 3.74. The Morgan fingerprint density at radius 1 is 1.45 bits per heavy atom. The van der Waals surface area contributed by atoms with Crippen molar-refractivity contribution in [1.29, 1.82) is 5.26 Å². The van der Waals surface area contributed by atoms with Gasteiger partial charge in [-0.05, 0) is 41.6 Å². The van der Waals surface area contributed by atoms with Crippen molar-refractivity contribution in [3.63, 3.8) is 0 Å². The molecule has 0 radical (unpaired) electrons. The third-order valence-electron chi connectivity index (χ3n) is 4.49. The molecule has 0 unspecified atom stereocenters. The van der Waals surface area contributed by atoms with Gasteiger partial charge in [-0.25, -0.2) is 4.98 Å². The van der Waals surface area contributed by atoms with Crippen LogP contribution < -0.4 is 11.1 Å². The summed E-state index contributed by atoms with van der Waals surface area (Å²) < 4.78 is 6.22. The summed E-state index contributed by atoms with van der Waals surface area (Å²) in [7, 11) is 0. The fourth-order valence-electron chi connectivity index (χ4n) is 3.66. The monoisotopic (exact) mass is 332 g/mol. The molecule has 0 saturated heterocycles. The molecule has 5 rings (SSSR count). The number of anilines is 1. The van der Waals surface area contributed by atoms with Crippen molar-refractivity contribution in [2.45, 2.75) is 36.8 Å². The molecule has 0 atom stereocenters. The van der Waals surface area contributed by atoms with Crippen LogP contribution in [-0.4, -0.2) is 16.1 Å². The molecule has 2 aromatic rings. The number of nitrogens with one attached hydrogen (secondary N) is 1. The molecule has 6 heteroatoms. The van der Waals surface area contributed by atoms with Gasteiger partial charge in [-0.3, -0.25) is 0 Å². The SMILES string of the molecule is N#Cc1cc2c(Br)c(NC34CCC(N)(C3)C4)ncc2o1. The molecule has 0 spiro atoms. The molecule has 3 saturated carbocycles. The molecule has 3 fully saturated rings. The van der Waals surface area contributed by atoms with E-state index in [0.29, 0.717) is 11.3 Å². The predicted octanol–water partition coefficient (Wildman–Crippen LogP) is 2.90. The summed E-state index contributed by atoms with van der Waals surface area (Å²) in [5, 5.41) is 13.3. The number of pyridine rings is 1. The van der Waals surface area contributed by atoms with E-state index in [1.807, 2.05) is 6.07 Å². The van der Waals surface area contributed by atoms with E-state index in [-0.39, 0.29) is 11.1 Å². The quantitative estimate of drug-likeness (QED) is 0.882. The topological polar surface area (TPSA) is 87.9 Å². The minimum Gasteiger partial charge on any atom is -0.444 e. The number of nitriles is 1. The minimum atomic E-state index is 0.0349. The molecule has 2 heterocycles. The average molecular weight is 333 g/mol. The maximum atomic E-state index is 8.90. The van der Waals surface area contributed by atoms with Gasteiger partial charge in [-0.2, -0.15) is 5.26 Å². The van der Waals surface area contributed by atoms with Crippen molar-refractivity contribution >= 4 is 32.7 Å². The van der Waals surface area contributed by atoms with Gasteiger partial charge in [0.05, 0.1) is 10.7 Å². The van der Waals surface area contributed by atoms with Gasteiger partial charge in [0.1, 0.15) is 11.9 Å². The lowest BCUT2D eigenvalue weighted by molar-refractivity contribution is 0.224. The number of hydrogen-bond donors (Lipinski definition) is 2. The van der Waals surface area contributed by atoms with Crippen LogP contribution in [0, 0.1) is 11.3 Å². The summed E-state index contributed by atoms with van der Waals surface area (Å²) in [6, 6.07) is 3.73. The van der Waals surface area contributed by atoms with Gasteiger partial charge in [0.15, 0.2) is 5.58 Å². The fourth-order valence-corrected chi connectivity index (χ4v) is 4.17. The Morgan fingerprint density at radius 3 is 2.90 bits per heavy atom. The Morgan fingerprint density at radius 2 is 2.25 bits per heavy atom. The molecule has 3 aliphatic rings. The third kappa shape index (κ3) is 1.60. The molecule has 2 aromatic heterocycles. The number of rotatable bonds is 2. The molecule has 3 aliphatic carbocycles. The summed E-state index contributed by atoms with van der Waals surface area (Å²) in [5.74, 6) is 1.09. The van der Waals surface area contributed by atoms with Crippen LogP contribution in [0.4, 0.5) is 5.82 Å². The Bertz CT molecular complexity index is 754. The summed E-state index contributed by atoms with van der Waals surface area (Å²) in [4.78, 5) is 4.41. The molecule has 102 valence electrons. The Balaban J connectivity index is 1.71. The van der Waals surface area contributed by atoms with Gasteiger partial charge in [-0.1, -0.05) is 0 Å². The smallest absolute Gasteiger partial charge is 0.204 e. The highest BCUT2D eigenvalue weighted by molar-refractivity contribution is 9.10. The van der Waals surface area contributed by atoms with Crippen LogP contribution in [0.15, 0.2) is 21.2 Å². The maximum Gasteiger partial charge on any atom is 0.204 e. The molecule has 0 aliphatic heterocycles. The number of aromatic nitrogens is 1. The maximum absolute atomic E-state index is 8.90. The molecular weight excluding hydrogens is 320 g/mol. The average Bonchev–Trinajstić information content (AvgIpc) is 3.03. The molecule has 20 heavy (non-hydrogen) atoms. The summed E-state index contributed by atoms with van der Waals surface area (Å²) in [6.07, 6.45) is 5.82. The molecule has 0 aromatic carbocycles. The lowest BCUT2D eigenvalue weighted by Crippen LogP contribution is -2.57. The number of hydrogen-bond acceptors (Lipinski definition) is 5. The van der Waals surface area contributed by atoms with Crippen molar-refractivity contribution in [1.82, 2.24) is 4.98 Å². The lowest BCUT2D eigenvalue weighted by Gasteiger charge is -2.46. The van der Waals surface area contributed by atoms with E-state index in [0.717, 1.165) is 41.4 Å². The largest absolute Gasteiger partial charge is 0.444 e. The van der Waals surface area contributed by atoms with E-state index in [9.17, 15) is 0 Å². The van der Waals surface area contributed by atoms with Crippen molar-refractivity contribution in [2.75, 3.05) is 5.32 Å². The second-order valence-electron chi connectivity index (χ2n) is 6.04. The van der Waals surface area contributed by atoms with E-state index in [2.05, 4.69) is 26.2 Å². The zero-order valence-electron chi connectivity index (χ0n) is 10.7. The van der Waals surface area contributed by atoms with Crippen LogP contribution in [0.5, 0.6) is 0 Å². The minimum absolute atomic E-state index is 0.0349. The predicted molar refractivity (Wildman–Crippen MR) is 78.2 cm³/mol. The van der Waals surface area contributed by atoms with Gasteiger partial charge in [-0.15, -0.1) is 0 Å². The van der Waals surface area contributed by atoms with Gasteiger partial charge >= 0.3 is 0 Å². The highest BCUT2D eigenvalue weighted by Crippen LogP contribution is 2.55. The molecular formula is C14H13BrN4O. The molecule has 5 nitrogen and oxygen atoms in total. The number of nitrogens with zero attached hydrogens (tertiary/aromatic N) is 2. The van der Waals surface area contributed by atoms with Gasteiger partial charge in [0, 0.05) is 22.5 Å². The lowest BCUT2D eigenvalue weighted by atomic mass is 9.72. The van der Waals surface area contributed by atoms with E-state index in [1.165, 1.54) is 0 Å². The fraction of sp³-hybridized carbons (Fsp3) is 0.429. The zero-order valence-corrected chi connectivity index (χ0v) is 12.3. The highest BCUT2D eigenvalue weighted by Gasteiger charge is 2.58. The molecule has 2 bridgehead atoms. The van der Waals surface area contributed by atoms with Gasteiger partial charge in [0.2, 0.25) is 5.76 Å². The Kier molecular flexibility index (Phi) is 2.28. The van der Waals surface area contributed by atoms with Crippen molar-refractivity contribution < 1.29 is 4.42 Å². The Labute approximate surface area is 124 Å². The van der Waals surface area contributed by atoms with Crippen LogP contribution in [0.2, 0.25) is 0 Å². The number of nitrogens with two attached hydrogens (primary N) is 1. The van der Waals surface area contributed by atoms with Crippen LogP contribution in [0.3, 0.4) is 0 Å². The normalized spacial score (nSPS) is 31.1. The van der Waals surface area contributed by atoms with E-state index < -0.39 is 0 Å². The van der Waals surface area contributed by atoms with E-state index in [1.54, 1.807) is 12.3 Å². The first-order valence-electron chi connectivity index (χ1n) is 6.58. The third-order valence-corrected chi connectivity index (χ3v) is 5.29. The van der Waals surface area contributed by atoms with Crippen LogP contribution in [0.25, 0.3) is 11.0 Å². The molecule has 0 amide bonds. The summed E-state index contributed by atoms with van der Waals surface area (Å²) in [5.41, 5.74) is 6.96. The van der Waals surface area contributed by atoms with Crippen molar-refractivity contribution in [3.05, 3.63) is 22.5 Å².